The number of fused-ring (bicyclic) bond motifs is 1. The Morgan fingerprint density at radius 3 is 2.30 bits per heavy atom. The molecule has 7 nitrogen and oxygen atoms in total. The maximum absolute atomic E-state index is 13.3. The monoisotopic (exact) mass is 461 g/mol. The van der Waals surface area contributed by atoms with Crippen LogP contribution in [0.15, 0.2) is 59.4 Å². The van der Waals surface area contributed by atoms with Crippen LogP contribution in [0.5, 0.6) is 11.5 Å². The van der Waals surface area contributed by atoms with E-state index >= 15 is 0 Å². The van der Waals surface area contributed by atoms with Crippen LogP contribution in [0.2, 0.25) is 0 Å². The van der Waals surface area contributed by atoms with Gasteiger partial charge in [-0.3, -0.25) is 14.2 Å². The zero-order chi connectivity index (χ0) is 23.7. The summed E-state index contributed by atoms with van der Waals surface area (Å²) >= 11 is 5.47. The molecule has 0 bridgehead atoms. The smallest absolute Gasteiger partial charge is 0.266 e. The highest BCUT2D eigenvalue weighted by Gasteiger charge is 2.14. The number of amides is 1. The fourth-order valence-electron chi connectivity index (χ4n) is 3.81. The summed E-state index contributed by atoms with van der Waals surface area (Å²) in [5, 5.41) is 3.31. The molecule has 0 aliphatic rings. The Morgan fingerprint density at radius 2 is 1.64 bits per heavy atom. The Bertz CT molecular complexity index is 1480. The molecule has 168 valence electrons. The minimum Gasteiger partial charge on any atom is -0.493 e. The number of carbonyl (C=O) groups is 1. The van der Waals surface area contributed by atoms with E-state index in [1.165, 1.54) is 11.7 Å². The second kappa shape index (κ2) is 8.91. The Hall–Kier alpha value is -3.91. The number of H-pyrrole nitrogens is 1. The lowest BCUT2D eigenvalue weighted by molar-refractivity contribution is 0.102. The zero-order valence-corrected chi connectivity index (χ0v) is 19.5. The Morgan fingerprint density at radius 1 is 0.939 bits per heavy atom. The van der Waals surface area contributed by atoms with Gasteiger partial charge >= 0.3 is 0 Å². The van der Waals surface area contributed by atoms with E-state index in [0.717, 1.165) is 16.8 Å². The number of methoxy groups -OCH3 is 2. The molecule has 1 aromatic heterocycles. The van der Waals surface area contributed by atoms with Crippen molar-refractivity contribution in [2.24, 2.45) is 0 Å². The molecule has 4 rings (SSSR count). The van der Waals surface area contributed by atoms with Crippen LogP contribution in [-0.4, -0.2) is 29.7 Å². The molecule has 0 fully saturated rings. The largest absolute Gasteiger partial charge is 0.493 e. The van der Waals surface area contributed by atoms with E-state index in [0.29, 0.717) is 33.7 Å². The van der Waals surface area contributed by atoms with Gasteiger partial charge < -0.3 is 19.8 Å². The van der Waals surface area contributed by atoms with Crippen molar-refractivity contribution in [1.29, 1.82) is 0 Å². The second-order valence-corrected chi connectivity index (χ2v) is 8.09. The zero-order valence-electron chi connectivity index (χ0n) is 18.7. The number of benzene rings is 3. The Balaban J connectivity index is 1.74. The van der Waals surface area contributed by atoms with E-state index in [1.54, 1.807) is 43.5 Å². The highest BCUT2D eigenvalue weighted by atomic mass is 32.1. The fourth-order valence-corrected chi connectivity index (χ4v) is 4.11. The maximum Gasteiger partial charge on any atom is 0.266 e. The average Bonchev–Trinajstić information content (AvgIpc) is 2.77. The number of nitrogens with one attached hydrogen (secondary N) is 2. The van der Waals surface area contributed by atoms with Crippen LogP contribution in [-0.2, 0) is 0 Å². The molecule has 8 heteroatoms. The number of ether oxygens (including phenoxy) is 2. The van der Waals surface area contributed by atoms with Crippen molar-refractivity contribution in [2.45, 2.75) is 13.8 Å². The van der Waals surface area contributed by atoms with Crippen molar-refractivity contribution in [3.63, 3.8) is 0 Å². The van der Waals surface area contributed by atoms with E-state index in [-0.39, 0.29) is 16.2 Å². The number of rotatable bonds is 5. The van der Waals surface area contributed by atoms with Crippen molar-refractivity contribution in [2.75, 3.05) is 19.5 Å². The molecule has 0 spiro atoms. The topological polar surface area (TPSA) is 85.4 Å². The summed E-state index contributed by atoms with van der Waals surface area (Å²) in [6.45, 7) is 3.95. The first-order valence-corrected chi connectivity index (χ1v) is 10.6. The Labute approximate surface area is 195 Å². The number of aryl methyl sites for hydroxylation is 2. The lowest BCUT2D eigenvalue weighted by Crippen LogP contribution is -2.21. The van der Waals surface area contributed by atoms with Gasteiger partial charge in [0.25, 0.3) is 11.5 Å². The first-order valence-electron chi connectivity index (χ1n) is 10.2. The lowest BCUT2D eigenvalue weighted by atomic mass is 10.1. The summed E-state index contributed by atoms with van der Waals surface area (Å²) in [5.74, 6) is 0.754. The number of anilines is 1. The van der Waals surface area contributed by atoms with Crippen LogP contribution in [0.1, 0.15) is 21.5 Å². The van der Waals surface area contributed by atoms with E-state index in [9.17, 15) is 9.59 Å². The molecule has 0 saturated carbocycles. The summed E-state index contributed by atoms with van der Waals surface area (Å²) < 4.78 is 12.2. The molecule has 0 aliphatic heterocycles. The van der Waals surface area contributed by atoms with Crippen LogP contribution < -0.4 is 20.3 Å². The van der Waals surface area contributed by atoms with Crippen LogP contribution in [0.25, 0.3) is 16.6 Å². The van der Waals surface area contributed by atoms with Crippen molar-refractivity contribution >= 4 is 34.7 Å². The average molecular weight is 462 g/mol. The molecule has 1 amide bonds. The van der Waals surface area contributed by atoms with Crippen molar-refractivity contribution in [1.82, 2.24) is 9.55 Å². The second-order valence-electron chi connectivity index (χ2n) is 7.70. The lowest BCUT2D eigenvalue weighted by Gasteiger charge is -2.12. The van der Waals surface area contributed by atoms with Gasteiger partial charge in [0.1, 0.15) is 0 Å². The highest BCUT2D eigenvalue weighted by molar-refractivity contribution is 7.71. The molecule has 0 saturated heterocycles. The Kier molecular flexibility index (Phi) is 6.02. The highest BCUT2D eigenvalue weighted by Crippen LogP contribution is 2.29. The first-order chi connectivity index (χ1) is 15.8. The number of hydrogen-bond donors (Lipinski definition) is 2. The van der Waals surface area contributed by atoms with Gasteiger partial charge in [0, 0.05) is 17.3 Å². The number of hydrogen-bond acceptors (Lipinski definition) is 5. The molecule has 0 aliphatic carbocycles. The van der Waals surface area contributed by atoms with Gasteiger partial charge in [-0.1, -0.05) is 6.07 Å². The summed E-state index contributed by atoms with van der Waals surface area (Å²) in [6.07, 6.45) is 0. The first kappa shape index (κ1) is 22.3. The number of carbonyl (C=O) groups excluding carboxylic acids is 1. The van der Waals surface area contributed by atoms with Gasteiger partial charge in [-0.05, 0) is 79.7 Å². The number of aromatic amines is 1. The quantitative estimate of drug-likeness (QED) is 0.412. The van der Waals surface area contributed by atoms with Crippen LogP contribution in [0.3, 0.4) is 0 Å². The normalized spacial score (nSPS) is 10.8. The predicted octanol–water partition coefficient (Wildman–Crippen LogP) is 4.93. The molecule has 4 aromatic rings. The molecule has 0 radical (unpaired) electrons. The third-order valence-electron chi connectivity index (χ3n) is 5.26. The standard InChI is InChI=1S/C25H23N3O4S/c1-14-9-15(2)11-17(10-14)26-23(29)16-5-7-19-20(12-16)27-25(33)28(24(19)30)18-6-8-21(31-3)22(13-18)32-4/h5-13H,1-4H3,(H,26,29)(H,27,33). The minimum absolute atomic E-state index is 0.201. The van der Waals surface area contributed by atoms with Gasteiger partial charge in [-0.15, -0.1) is 0 Å². The van der Waals surface area contributed by atoms with Gasteiger partial charge in [0.2, 0.25) is 0 Å². The molecule has 2 N–H and O–H groups in total. The molecule has 3 aromatic carbocycles. The minimum atomic E-state index is -0.303. The molecular formula is C25H23N3O4S. The van der Waals surface area contributed by atoms with Crippen molar-refractivity contribution in [3.05, 3.63) is 86.4 Å². The number of aromatic nitrogens is 2. The van der Waals surface area contributed by atoms with Crippen molar-refractivity contribution < 1.29 is 14.3 Å². The third-order valence-corrected chi connectivity index (χ3v) is 5.55. The van der Waals surface area contributed by atoms with Gasteiger partial charge in [0.15, 0.2) is 16.3 Å². The SMILES string of the molecule is COc1ccc(-n2c(=S)[nH]c3cc(C(=O)Nc4cc(C)cc(C)c4)ccc3c2=O)cc1OC. The van der Waals surface area contributed by atoms with Gasteiger partial charge in [-0.2, -0.15) is 0 Å². The molecule has 0 atom stereocenters. The summed E-state index contributed by atoms with van der Waals surface area (Å²) in [5.41, 5.74) is 3.96. The third kappa shape index (κ3) is 4.38. The molecule has 33 heavy (non-hydrogen) atoms. The predicted molar refractivity (Wildman–Crippen MR) is 132 cm³/mol. The fraction of sp³-hybridized carbons (Fsp3) is 0.160. The maximum atomic E-state index is 13.3. The summed E-state index contributed by atoms with van der Waals surface area (Å²) in [7, 11) is 3.07. The van der Waals surface area contributed by atoms with E-state index in [2.05, 4.69) is 10.3 Å². The van der Waals surface area contributed by atoms with Gasteiger partial charge in [-0.25, -0.2) is 0 Å². The van der Waals surface area contributed by atoms with Crippen LogP contribution >= 0.6 is 12.2 Å². The van der Waals surface area contributed by atoms with Crippen molar-refractivity contribution in [3.8, 4) is 17.2 Å². The summed E-state index contributed by atoms with van der Waals surface area (Å²) in [4.78, 5) is 29.1. The van der Waals surface area contributed by atoms with Crippen LogP contribution in [0, 0.1) is 18.6 Å². The molecule has 0 unspecified atom stereocenters. The molecular weight excluding hydrogens is 438 g/mol. The molecule has 1 heterocycles. The van der Waals surface area contributed by atoms with E-state index in [4.69, 9.17) is 21.7 Å². The van der Waals surface area contributed by atoms with E-state index in [1.807, 2.05) is 32.0 Å². The van der Waals surface area contributed by atoms with Crippen LogP contribution in [0.4, 0.5) is 5.69 Å². The number of nitrogens with zero attached hydrogens (tertiary/aromatic N) is 1. The summed E-state index contributed by atoms with van der Waals surface area (Å²) in [6, 6.07) is 15.8. The van der Waals surface area contributed by atoms with Gasteiger partial charge in [0.05, 0.1) is 30.8 Å². The van der Waals surface area contributed by atoms with E-state index < -0.39 is 0 Å².